The highest BCUT2D eigenvalue weighted by molar-refractivity contribution is 7.15. The summed E-state index contributed by atoms with van der Waals surface area (Å²) in [6.45, 7) is 4.87. The zero-order chi connectivity index (χ0) is 20.8. The molecule has 6 nitrogen and oxygen atoms in total. The van der Waals surface area contributed by atoms with E-state index in [2.05, 4.69) is 34.7 Å². The Morgan fingerprint density at radius 2 is 1.72 bits per heavy atom. The van der Waals surface area contributed by atoms with E-state index in [1.54, 1.807) is 25.6 Å². The van der Waals surface area contributed by atoms with Gasteiger partial charge < -0.3 is 20.1 Å². The van der Waals surface area contributed by atoms with Crippen LogP contribution in [-0.4, -0.2) is 25.2 Å². The van der Waals surface area contributed by atoms with Crippen LogP contribution >= 0.6 is 11.3 Å². The van der Waals surface area contributed by atoms with Gasteiger partial charge in [-0.2, -0.15) is 0 Å². The second-order valence-electron chi connectivity index (χ2n) is 6.57. The molecule has 0 bridgehead atoms. The van der Waals surface area contributed by atoms with Crippen LogP contribution in [0.25, 0.3) is 10.6 Å². The van der Waals surface area contributed by atoms with E-state index in [1.807, 2.05) is 37.3 Å². The highest BCUT2D eigenvalue weighted by atomic mass is 32.1. The summed E-state index contributed by atoms with van der Waals surface area (Å²) < 4.78 is 10.5. The Hall–Kier alpha value is -3.06. The molecule has 7 heteroatoms. The van der Waals surface area contributed by atoms with Gasteiger partial charge in [0.2, 0.25) is 0 Å². The van der Waals surface area contributed by atoms with Gasteiger partial charge in [0, 0.05) is 17.0 Å². The van der Waals surface area contributed by atoms with Gasteiger partial charge in [0.05, 0.1) is 26.5 Å². The molecule has 152 valence electrons. The maximum absolute atomic E-state index is 12.2. The van der Waals surface area contributed by atoms with E-state index in [4.69, 9.17) is 9.47 Å². The van der Waals surface area contributed by atoms with Crippen LogP contribution in [0, 0.1) is 13.8 Å². The van der Waals surface area contributed by atoms with E-state index in [-0.39, 0.29) is 6.03 Å². The van der Waals surface area contributed by atoms with Crippen molar-refractivity contribution in [2.45, 2.75) is 26.9 Å². The number of hydrogen-bond acceptors (Lipinski definition) is 5. The molecule has 0 spiro atoms. The molecule has 2 N–H and O–H groups in total. The molecule has 2 aromatic carbocycles. The van der Waals surface area contributed by atoms with Crippen molar-refractivity contribution in [1.82, 2.24) is 15.6 Å². The van der Waals surface area contributed by atoms with Crippen molar-refractivity contribution in [2.75, 3.05) is 14.2 Å². The fraction of sp³-hybridized carbons (Fsp3) is 0.273. The fourth-order valence-corrected chi connectivity index (χ4v) is 4.01. The third kappa shape index (κ3) is 5.06. The van der Waals surface area contributed by atoms with E-state index < -0.39 is 0 Å². The smallest absolute Gasteiger partial charge is 0.315 e. The van der Waals surface area contributed by atoms with Crippen molar-refractivity contribution in [3.63, 3.8) is 0 Å². The number of nitrogens with zero attached hydrogens (tertiary/aromatic N) is 1. The van der Waals surface area contributed by atoms with Crippen LogP contribution in [0.5, 0.6) is 11.5 Å². The summed E-state index contributed by atoms with van der Waals surface area (Å²) in [7, 11) is 3.18. The van der Waals surface area contributed by atoms with Crippen molar-refractivity contribution in [2.24, 2.45) is 0 Å². The number of carbonyl (C=O) groups excluding carboxylic acids is 1. The summed E-state index contributed by atoms with van der Waals surface area (Å²) in [4.78, 5) is 17.9. The maximum Gasteiger partial charge on any atom is 0.315 e. The van der Waals surface area contributed by atoms with Gasteiger partial charge in [-0.1, -0.05) is 30.3 Å². The highest BCUT2D eigenvalue weighted by Crippen LogP contribution is 2.30. The number of aromatic nitrogens is 1. The number of benzene rings is 2. The van der Waals surface area contributed by atoms with Crippen molar-refractivity contribution in [1.29, 1.82) is 0 Å². The van der Waals surface area contributed by atoms with Gasteiger partial charge in [-0.05, 0) is 37.1 Å². The summed E-state index contributed by atoms with van der Waals surface area (Å²) in [5.74, 6) is 1.29. The molecule has 3 rings (SSSR count). The molecule has 0 saturated heterocycles. The van der Waals surface area contributed by atoms with Crippen LogP contribution in [0.1, 0.15) is 21.7 Å². The first-order valence-corrected chi connectivity index (χ1v) is 10.1. The van der Waals surface area contributed by atoms with Crippen LogP contribution in [-0.2, 0) is 13.1 Å². The normalized spacial score (nSPS) is 10.5. The molecule has 1 aromatic heterocycles. The van der Waals surface area contributed by atoms with Crippen molar-refractivity contribution in [3.8, 4) is 22.1 Å². The quantitative estimate of drug-likeness (QED) is 0.603. The number of nitrogens with one attached hydrogen (secondary N) is 2. The third-order valence-corrected chi connectivity index (χ3v) is 5.77. The average Bonchev–Trinajstić information content (AvgIpc) is 3.11. The Bertz CT molecular complexity index is 1000. The molecule has 29 heavy (non-hydrogen) atoms. The lowest BCUT2D eigenvalue weighted by molar-refractivity contribution is 0.240. The molecule has 0 aliphatic heterocycles. The molecule has 0 saturated carbocycles. The topological polar surface area (TPSA) is 72.5 Å². The number of aryl methyl sites for hydroxylation is 2. The Morgan fingerprint density at radius 3 is 2.45 bits per heavy atom. The minimum atomic E-state index is -0.231. The van der Waals surface area contributed by atoms with E-state index in [0.717, 1.165) is 26.7 Å². The van der Waals surface area contributed by atoms with E-state index >= 15 is 0 Å². The number of carbonyl (C=O) groups is 1. The van der Waals surface area contributed by atoms with Gasteiger partial charge >= 0.3 is 6.03 Å². The highest BCUT2D eigenvalue weighted by Gasteiger charge is 2.12. The lowest BCUT2D eigenvalue weighted by atomic mass is 10.1. The summed E-state index contributed by atoms with van der Waals surface area (Å²) in [5, 5.41) is 6.74. The van der Waals surface area contributed by atoms with E-state index in [9.17, 15) is 4.79 Å². The minimum Gasteiger partial charge on any atom is -0.493 e. The summed E-state index contributed by atoms with van der Waals surface area (Å²) in [6.07, 6.45) is 0. The SMILES string of the molecule is COc1ccc(CNC(=O)NCc2sc(-c3ccccc3C)nc2C)cc1OC. The van der Waals surface area contributed by atoms with Crippen LogP contribution in [0.15, 0.2) is 42.5 Å². The number of rotatable bonds is 7. The second kappa shape index (κ2) is 9.43. The zero-order valence-corrected chi connectivity index (χ0v) is 17.9. The van der Waals surface area contributed by atoms with Gasteiger partial charge in [-0.15, -0.1) is 11.3 Å². The molecule has 0 unspecified atom stereocenters. The lowest BCUT2D eigenvalue weighted by Gasteiger charge is -2.11. The molecular weight excluding hydrogens is 386 g/mol. The molecule has 0 atom stereocenters. The predicted molar refractivity (Wildman–Crippen MR) is 116 cm³/mol. The van der Waals surface area contributed by atoms with E-state index in [0.29, 0.717) is 24.6 Å². The monoisotopic (exact) mass is 411 g/mol. The van der Waals surface area contributed by atoms with Gasteiger partial charge in [0.1, 0.15) is 5.01 Å². The third-order valence-electron chi connectivity index (χ3n) is 4.58. The van der Waals surface area contributed by atoms with Gasteiger partial charge in [0.25, 0.3) is 0 Å². The Balaban J connectivity index is 1.57. The Kier molecular flexibility index (Phi) is 6.72. The second-order valence-corrected chi connectivity index (χ2v) is 7.65. The molecule has 0 aliphatic carbocycles. The molecule has 0 radical (unpaired) electrons. The first-order chi connectivity index (χ1) is 14.0. The first kappa shape index (κ1) is 20.7. The summed E-state index contributed by atoms with van der Waals surface area (Å²) in [6, 6.07) is 13.5. The van der Waals surface area contributed by atoms with E-state index in [1.165, 1.54) is 5.56 Å². The van der Waals surface area contributed by atoms with Crippen LogP contribution in [0.2, 0.25) is 0 Å². The van der Waals surface area contributed by atoms with Gasteiger partial charge in [-0.25, -0.2) is 9.78 Å². The number of thiazole rings is 1. The van der Waals surface area contributed by atoms with Crippen molar-refractivity contribution < 1.29 is 14.3 Å². The molecule has 0 aliphatic rings. The lowest BCUT2D eigenvalue weighted by Crippen LogP contribution is -2.34. The number of urea groups is 1. The maximum atomic E-state index is 12.2. The number of hydrogen-bond donors (Lipinski definition) is 2. The average molecular weight is 412 g/mol. The van der Waals surface area contributed by atoms with Crippen molar-refractivity contribution in [3.05, 3.63) is 64.2 Å². The van der Waals surface area contributed by atoms with Crippen molar-refractivity contribution >= 4 is 17.4 Å². The standard InChI is InChI=1S/C22H25N3O3S/c1-14-7-5-6-8-17(14)21-25-15(2)20(29-21)13-24-22(26)23-12-16-9-10-18(27-3)19(11-16)28-4/h5-11H,12-13H2,1-4H3,(H2,23,24,26). The molecule has 0 fully saturated rings. The van der Waals surface area contributed by atoms with Crippen LogP contribution < -0.4 is 20.1 Å². The largest absolute Gasteiger partial charge is 0.493 e. The Labute approximate surface area is 174 Å². The van der Waals surface area contributed by atoms with Crippen LogP contribution in [0.4, 0.5) is 4.79 Å². The fourth-order valence-electron chi connectivity index (χ4n) is 2.92. The summed E-state index contributed by atoms with van der Waals surface area (Å²) >= 11 is 1.61. The minimum absolute atomic E-state index is 0.231. The first-order valence-electron chi connectivity index (χ1n) is 9.26. The number of ether oxygens (including phenoxy) is 2. The predicted octanol–water partition coefficient (Wildman–Crippen LogP) is 4.44. The summed E-state index contributed by atoms with van der Waals surface area (Å²) in [5.41, 5.74) is 4.18. The zero-order valence-electron chi connectivity index (χ0n) is 17.0. The Morgan fingerprint density at radius 1 is 1.00 bits per heavy atom. The molecular formula is C22H25N3O3S. The van der Waals surface area contributed by atoms with Gasteiger partial charge in [0.15, 0.2) is 11.5 Å². The molecule has 2 amide bonds. The molecule has 3 aromatic rings. The number of methoxy groups -OCH3 is 2. The van der Waals surface area contributed by atoms with Crippen LogP contribution in [0.3, 0.4) is 0 Å². The molecule has 1 heterocycles. The van der Waals surface area contributed by atoms with Gasteiger partial charge in [-0.3, -0.25) is 0 Å². The number of amides is 2.